The van der Waals surface area contributed by atoms with Crippen molar-refractivity contribution in [3.05, 3.63) is 28.2 Å². The number of methoxy groups -OCH3 is 1. The van der Waals surface area contributed by atoms with Crippen molar-refractivity contribution in [3.63, 3.8) is 0 Å². The van der Waals surface area contributed by atoms with E-state index in [2.05, 4.69) is 15.9 Å². The third kappa shape index (κ3) is 2.81. The van der Waals surface area contributed by atoms with Gasteiger partial charge >= 0.3 is 0 Å². The first-order valence-electron chi connectivity index (χ1n) is 4.97. The fourth-order valence-electron chi connectivity index (χ4n) is 1.32. The van der Waals surface area contributed by atoms with E-state index in [1.807, 2.05) is 26.0 Å². The summed E-state index contributed by atoms with van der Waals surface area (Å²) in [6.07, 6.45) is 0.845. The van der Waals surface area contributed by atoms with Crippen LogP contribution in [0.5, 0.6) is 5.75 Å². The number of ether oxygens (including phenoxy) is 1. The average Bonchev–Trinajstić information content (AvgIpc) is 2.26. The number of ketones is 1. The van der Waals surface area contributed by atoms with Crippen LogP contribution in [0.4, 0.5) is 0 Å². The molecule has 0 aliphatic heterocycles. The quantitative estimate of drug-likeness (QED) is 0.781. The minimum Gasteiger partial charge on any atom is -0.496 e. The van der Waals surface area contributed by atoms with Crippen LogP contribution < -0.4 is 4.74 Å². The van der Waals surface area contributed by atoms with Crippen LogP contribution in [0.2, 0.25) is 0 Å². The van der Waals surface area contributed by atoms with Crippen LogP contribution in [0.1, 0.15) is 30.6 Å². The fourth-order valence-corrected chi connectivity index (χ4v) is 1.66. The van der Waals surface area contributed by atoms with Crippen molar-refractivity contribution in [1.82, 2.24) is 0 Å². The number of carbonyl (C=O) groups excluding carboxylic acids is 1. The molecular formula is C12H15BrO2. The largest absolute Gasteiger partial charge is 0.496 e. The van der Waals surface area contributed by atoms with Gasteiger partial charge in [0, 0.05) is 10.4 Å². The standard InChI is InChI=1S/C12H15BrO2/c1-4-8(2)12(14)10-6-5-9(13)7-11(10)15-3/h5-8H,4H2,1-3H3. The first-order valence-corrected chi connectivity index (χ1v) is 5.77. The van der Waals surface area contributed by atoms with E-state index in [1.54, 1.807) is 13.2 Å². The minimum atomic E-state index is 0.0417. The molecule has 0 heterocycles. The molecular weight excluding hydrogens is 256 g/mol. The highest BCUT2D eigenvalue weighted by atomic mass is 79.9. The Kier molecular flexibility index (Phi) is 4.33. The molecule has 0 fully saturated rings. The maximum absolute atomic E-state index is 12.0. The predicted molar refractivity (Wildman–Crippen MR) is 64.5 cm³/mol. The highest BCUT2D eigenvalue weighted by Crippen LogP contribution is 2.26. The first kappa shape index (κ1) is 12.2. The van der Waals surface area contributed by atoms with Gasteiger partial charge in [-0.15, -0.1) is 0 Å². The van der Waals surface area contributed by atoms with Crippen LogP contribution in [0.25, 0.3) is 0 Å². The summed E-state index contributed by atoms with van der Waals surface area (Å²) in [6.45, 7) is 3.94. The molecule has 1 rings (SSSR count). The van der Waals surface area contributed by atoms with Crippen LogP contribution in [0.15, 0.2) is 22.7 Å². The molecule has 3 heteroatoms. The van der Waals surface area contributed by atoms with Crippen molar-refractivity contribution in [2.24, 2.45) is 5.92 Å². The smallest absolute Gasteiger partial charge is 0.169 e. The lowest BCUT2D eigenvalue weighted by atomic mass is 9.96. The van der Waals surface area contributed by atoms with Crippen LogP contribution in [0, 0.1) is 5.92 Å². The van der Waals surface area contributed by atoms with Crippen molar-refractivity contribution in [3.8, 4) is 5.75 Å². The van der Waals surface area contributed by atoms with Crippen molar-refractivity contribution in [2.45, 2.75) is 20.3 Å². The van der Waals surface area contributed by atoms with Crippen molar-refractivity contribution in [1.29, 1.82) is 0 Å². The van der Waals surface area contributed by atoms with Gasteiger partial charge in [-0.05, 0) is 24.6 Å². The number of hydrogen-bond acceptors (Lipinski definition) is 2. The molecule has 0 bridgehead atoms. The highest BCUT2D eigenvalue weighted by molar-refractivity contribution is 9.10. The first-order chi connectivity index (χ1) is 7.10. The molecule has 0 aliphatic rings. The number of carbonyl (C=O) groups is 1. The second-order valence-electron chi connectivity index (χ2n) is 3.52. The number of Topliss-reactive ketones (excluding diaryl/α,β-unsaturated/α-hetero) is 1. The minimum absolute atomic E-state index is 0.0417. The summed E-state index contributed by atoms with van der Waals surface area (Å²) in [5, 5.41) is 0. The lowest BCUT2D eigenvalue weighted by Gasteiger charge is -2.11. The van der Waals surface area contributed by atoms with Gasteiger partial charge < -0.3 is 4.74 Å². The average molecular weight is 271 g/mol. The van der Waals surface area contributed by atoms with E-state index >= 15 is 0 Å². The summed E-state index contributed by atoms with van der Waals surface area (Å²) in [6, 6.07) is 5.48. The zero-order valence-corrected chi connectivity index (χ0v) is 10.8. The van der Waals surface area contributed by atoms with Crippen molar-refractivity contribution in [2.75, 3.05) is 7.11 Å². The monoisotopic (exact) mass is 270 g/mol. The Morgan fingerprint density at radius 2 is 2.20 bits per heavy atom. The van der Waals surface area contributed by atoms with E-state index in [0.717, 1.165) is 10.9 Å². The van der Waals surface area contributed by atoms with Crippen LogP contribution in [-0.2, 0) is 0 Å². The molecule has 2 nitrogen and oxygen atoms in total. The second kappa shape index (κ2) is 5.31. The normalized spacial score (nSPS) is 12.3. The topological polar surface area (TPSA) is 26.3 Å². The van der Waals surface area contributed by atoms with Gasteiger partial charge in [0.1, 0.15) is 5.75 Å². The molecule has 0 spiro atoms. The van der Waals surface area contributed by atoms with Gasteiger partial charge in [-0.1, -0.05) is 29.8 Å². The number of benzene rings is 1. The van der Waals surface area contributed by atoms with E-state index in [1.165, 1.54) is 0 Å². The molecule has 0 saturated carbocycles. The third-order valence-corrected chi connectivity index (χ3v) is 2.98. The molecule has 82 valence electrons. The fraction of sp³-hybridized carbons (Fsp3) is 0.417. The van der Waals surface area contributed by atoms with Gasteiger partial charge in [0.25, 0.3) is 0 Å². The van der Waals surface area contributed by atoms with Gasteiger partial charge in [0.15, 0.2) is 5.78 Å². The molecule has 0 N–H and O–H groups in total. The lowest BCUT2D eigenvalue weighted by molar-refractivity contribution is 0.0924. The van der Waals surface area contributed by atoms with Crippen LogP contribution in [-0.4, -0.2) is 12.9 Å². The lowest BCUT2D eigenvalue weighted by Crippen LogP contribution is -2.11. The summed E-state index contributed by atoms with van der Waals surface area (Å²) in [5.74, 6) is 0.816. The van der Waals surface area contributed by atoms with Crippen LogP contribution in [0.3, 0.4) is 0 Å². The summed E-state index contributed by atoms with van der Waals surface area (Å²) in [4.78, 5) is 12.0. The molecule has 1 unspecified atom stereocenters. The Bertz CT molecular complexity index is 361. The van der Waals surface area contributed by atoms with E-state index in [-0.39, 0.29) is 11.7 Å². The highest BCUT2D eigenvalue weighted by Gasteiger charge is 2.17. The molecule has 0 aliphatic carbocycles. The number of halogens is 1. The Morgan fingerprint density at radius 3 is 2.73 bits per heavy atom. The summed E-state index contributed by atoms with van der Waals surface area (Å²) in [7, 11) is 1.58. The summed E-state index contributed by atoms with van der Waals surface area (Å²) in [5.41, 5.74) is 0.662. The molecule has 0 saturated heterocycles. The van der Waals surface area contributed by atoms with E-state index in [9.17, 15) is 4.79 Å². The Balaban J connectivity index is 3.08. The number of hydrogen-bond donors (Lipinski definition) is 0. The SMILES string of the molecule is CCC(C)C(=O)c1ccc(Br)cc1OC. The van der Waals surface area contributed by atoms with Gasteiger partial charge in [-0.2, -0.15) is 0 Å². The maximum atomic E-state index is 12.0. The van der Waals surface area contributed by atoms with Gasteiger partial charge in [-0.3, -0.25) is 4.79 Å². The second-order valence-corrected chi connectivity index (χ2v) is 4.43. The third-order valence-electron chi connectivity index (χ3n) is 2.49. The number of rotatable bonds is 4. The van der Waals surface area contributed by atoms with E-state index in [0.29, 0.717) is 11.3 Å². The molecule has 0 amide bonds. The molecule has 15 heavy (non-hydrogen) atoms. The molecule has 0 radical (unpaired) electrons. The summed E-state index contributed by atoms with van der Waals surface area (Å²) < 4.78 is 6.11. The van der Waals surface area contributed by atoms with Crippen molar-refractivity contribution >= 4 is 21.7 Å². The zero-order valence-electron chi connectivity index (χ0n) is 9.21. The molecule has 1 atom stereocenters. The van der Waals surface area contributed by atoms with E-state index < -0.39 is 0 Å². The molecule has 1 aromatic carbocycles. The van der Waals surface area contributed by atoms with Crippen LogP contribution >= 0.6 is 15.9 Å². The molecule has 0 aromatic heterocycles. The zero-order chi connectivity index (χ0) is 11.4. The van der Waals surface area contributed by atoms with Crippen molar-refractivity contribution < 1.29 is 9.53 Å². The van der Waals surface area contributed by atoms with E-state index in [4.69, 9.17) is 4.74 Å². The molecule has 1 aromatic rings. The van der Waals surface area contributed by atoms with Gasteiger partial charge in [-0.25, -0.2) is 0 Å². The summed E-state index contributed by atoms with van der Waals surface area (Å²) >= 11 is 3.35. The Morgan fingerprint density at radius 1 is 1.53 bits per heavy atom. The van der Waals surface area contributed by atoms with Gasteiger partial charge in [0.2, 0.25) is 0 Å². The Hall–Kier alpha value is -0.830. The maximum Gasteiger partial charge on any atom is 0.169 e. The predicted octanol–water partition coefficient (Wildman–Crippen LogP) is 3.69. The van der Waals surface area contributed by atoms with Gasteiger partial charge in [0.05, 0.1) is 12.7 Å². The Labute approximate surface area is 98.8 Å².